The summed E-state index contributed by atoms with van der Waals surface area (Å²) >= 11 is 0. The van der Waals surface area contributed by atoms with Crippen molar-refractivity contribution in [2.45, 2.75) is 24.4 Å². The zero-order chi connectivity index (χ0) is 19.3. The maximum Gasteiger partial charge on any atom is 0.397 e. The standard InChI is InChI=1S/C6H13NO14S3/c7-3(1-8)5(20-23(13,14)15)6(21-24(16,17)18)4(9)2-19-22(10,11)12/h1,3-6,9H,2,7H2,(H,10,11,12)(H,13,14,15)(H,16,17,18). The molecule has 0 aliphatic carbocycles. The van der Waals surface area contributed by atoms with Crippen LogP contribution < -0.4 is 5.73 Å². The molecule has 6 N–H and O–H groups in total. The van der Waals surface area contributed by atoms with Crippen molar-refractivity contribution in [1.29, 1.82) is 0 Å². The topological polar surface area (TPSA) is 254 Å². The number of carbonyl (C=O) groups is 1. The highest BCUT2D eigenvalue weighted by Gasteiger charge is 2.41. The average Bonchev–Trinajstić information content (AvgIpc) is 2.36. The number of hydrogen-bond acceptors (Lipinski definition) is 12. The van der Waals surface area contributed by atoms with Gasteiger partial charge < -0.3 is 15.6 Å². The first kappa shape index (κ1) is 23.2. The molecule has 0 saturated carbocycles. The highest BCUT2D eigenvalue weighted by atomic mass is 32.3. The van der Waals surface area contributed by atoms with Crippen LogP contribution in [-0.4, -0.2) is 81.3 Å². The fourth-order valence-corrected chi connectivity index (χ4v) is 2.63. The molecule has 0 aromatic rings. The molecule has 0 aromatic carbocycles. The molecule has 0 saturated heterocycles. The van der Waals surface area contributed by atoms with Crippen molar-refractivity contribution in [3.63, 3.8) is 0 Å². The number of nitrogens with two attached hydrogens (primary N) is 1. The predicted octanol–water partition coefficient (Wildman–Crippen LogP) is -3.93. The molecule has 0 aromatic heterocycles. The lowest BCUT2D eigenvalue weighted by Gasteiger charge is -2.29. The van der Waals surface area contributed by atoms with Crippen LogP contribution in [0.5, 0.6) is 0 Å². The van der Waals surface area contributed by atoms with Gasteiger partial charge in [-0.1, -0.05) is 0 Å². The van der Waals surface area contributed by atoms with E-state index < -0.39 is 62.2 Å². The Morgan fingerprint density at radius 3 is 1.62 bits per heavy atom. The maximum atomic E-state index is 10.7. The van der Waals surface area contributed by atoms with E-state index in [0.717, 1.165) is 0 Å². The van der Waals surface area contributed by atoms with E-state index in [4.69, 9.17) is 19.4 Å². The number of carbonyl (C=O) groups excluding carboxylic acids is 1. The van der Waals surface area contributed by atoms with Crippen LogP contribution >= 0.6 is 0 Å². The van der Waals surface area contributed by atoms with Crippen molar-refractivity contribution in [3.05, 3.63) is 0 Å². The summed E-state index contributed by atoms with van der Waals surface area (Å²) in [6.45, 7) is -1.43. The molecule has 0 fully saturated rings. The smallest absolute Gasteiger partial charge is 0.388 e. The van der Waals surface area contributed by atoms with E-state index in [2.05, 4.69) is 12.5 Å². The third-order valence-corrected chi connectivity index (χ3v) is 3.46. The van der Waals surface area contributed by atoms with Gasteiger partial charge in [-0.3, -0.25) is 13.7 Å². The van der Waals surface area contributed by atoms with Crippen molar-refractivity contribution < 1.29 is 61.4 Å². The largest absolute Gasteiger partial charge is 0.397 e. The summed E-state index contributed by atoms with van der Waals surface area (Å²) in [4.78, 5) is 10.6. The highest BCUT2D eigenvalue weighted by Crippen LogP contribution is 2.17. The summed E-state index contributed by atoms with van der Waals surface area (Å²) in [7, 11) is -15.9. The lowest BCUT2D eigenvalue weighted by atomic mass is 10.0. The van der Waals surface area contributed by atoms with Crippen molar-refractivity contribution in [3.8, 4) is 0 Å². The monoisotopic (exact) mass is 419 g/mol. The molecule has 0 bridgehead atoms. The van der Waals surface area contributed by atoms with E-state index in [0.29, 0.717) is 0 Å². The van der Waals surface area contributed by atoms with Crippen LogP contribution in [0.2, 0.25) is 0 Å². The molecular formula is C6H13NO14S3. The molecule has 4 atom stereocenters. The van der Waals surface area contributed by atoms with Crippen LogP contribution in [0, 0.1) is 0 Å². The van der Waals surface area contributed by atoms with Gasteiger partial charge in [0.15, 0.2) is 0 Å². The van der Waals surface area contributed by atoms with Crippen LogP contribution in [0.1, 0.15) is 0 Å². The van der Waals surface area contributed by atoms with Crippen LogP contribution in [0.15, 0.2) is 0 Å². The molecule has 0 spiro atoms. The Morgan fingerprint density at radius 2 is 1.29 bits per heavy atom. The molecule has 15 nitrogen and oxygen atoms in total. The van der Waals surface area contributed by atoms with E-state index in [1.54, 1.807) is 0 Å². The summed E-state index contributed by atoms with van der Waals surface area (Å²) in [5, 5.41) is 9.62. The van der Waals surface area contributed by atoms with Crippen LogP contribution in [0.3, 0.4) is 0 Å². The Balaban J connectivity index is 5.71. The van der Waals surface area contributed by atoms with Crippen molar-refractivity contribution in [1.82, 2.24) is 0 Å². The second-order valence-electron chi connectivity index (χ2n) is 3.97. The zero-order valence-corrected chi connectivity index (χ0v) is 13.7. The van der Waals surface area contributed by atoms with Crippen molar-refractivity contribution in [2.24, 2.45) is 5.73 Å². The minimum atomic E-state index is -5.42. The first-order valence-electron chi connectivity index (χ1n) is 5.38. The lowest BCUT2D eigenvalue weighted by Crippen LogP contribution is -2.54. The molecule has 0 heterocycles. The van der Waals surface area contributed by atoms with Crippen molar-refractivity contribution >= 4 is 37.5 Å². The van der Waals surface area contributed by atoms with Gasteiger partial charge in [-0.2, -0.15) is 25.3 Å². The second-order valence-corrected chi connectivity index (χ2v) is 7.16. The Hall–Kier alpha value is -0.800. The number of hydrogen-bond donors (Lipinski definition) is 5. The molecule has 0 amide bonds. The molecular weight excluding hydrogens is 406 g/mol. The Kier molecular flexibility index (Phi) is 8.25. The van der Waals surface area contributed by atoms with E-state index in [-0.39, 0.29) is 6.29 Å². The predicted molar refractivity (Wildman–Crippen MR) is 70.4 cm³/mol. The number of aliphatic hydroxyl groups excluding tert-OH is 1. The first-order valence-corrected chi connectivity index (χ1v) is 9.47. The fourth-order valence-electron chi connectivity index (χ4n) is 1.28. The minimum Gasteiger partial charge on any atom is -0.388 e. The minimum absolute atomic E-state index is 0.202. The summed E-state index contributed by atoms with van der Waals surface area (Å²) < 4.78 is 101. The Morgan fingerprint density at radius 1 is 0.875 bits per heavy atom. The zero-order valence-electron chi connectivity index (χ0n) is 11.3. The normalized spacial score (nSPS) is 18.5. The molecule has 0 radical (unpaired) electrons. The molecule has 144 valence electrons. The number of aliphatic hydroxyl groups is 1. The third kappa shape index (κ3) is 10.1. The Labute approximate surface area is 136 Å². The van der Waals surface area contributed by atoms with Crippen molar-refractivity contribution in [2.75, 3.05) is 6.61 Å². The van der Waals surface area contributed by atoms with Crippen LogP contribution in [0.25, 0.3) is 0 Å². The van der Waals surface area contributed by atoms with Crippen LogP contribution in [0.4, 0.5) is 0 Å². The molecule has 24 heavy (non-hydrogen) atoms. The first-order chi connectivity index (χ1) is 10.6. The number of aldehydes is 1. The van der Waals surface area contributed by atoms with Gasteiger partial charge in [0, 0.05) is 0 Å². The summed E-state index contributed by atoms with van der Waals surface area (Å²) in [6, 6.07) is -2.04. The van der Waals surface area contributed by atoms with Gasteiger partial charge in [0.1, 0.15) is 24.6 Å². The van der Waals surface area contributed by atoms with Gasteiger partial charge in [0.2, 0.25) is 0 Å². The Bertz CT molecular complexity index is 724. The summed E-state index contributed by atoms with van der Waals surface area (Å²) in [5.74, 6) is 0. The fraction of sp³-hybridized carbons (Fsp3) is 0.833. The van der Waals surface area contributed by atoms with E-state index in [1.807, 2.05) is 0 Å². The van der Waals surface area contributed by atoms with Crippen LogP contribution in [-0.2, 0) is 48.5 Å². The maximum absolute atomic E-state index is 10.7. The van der Waals surface area contributed by atoms with E-state index in [1.165, 1.54) is 0 Å². The average molecular weight is 419 g/mol. The van der Waals surface area contributed by atoms with Gasteiger partial charge in [-0.25, -0.2) is 12.5 Å². The lowest BCUT2D eigenvalue weighted by molar-refractivity contribution is -0.114. The van der Waals surface area contributed by atoms with Gasteiger partial charge in [0.25, 0.3) is 0 Å². The molecule has 4 unspecified atom stereocenters. The molecule has 0 aliphatic rings. The van der Waals surface area contributed by atoms with Gasteiger partial charge >= 0.3 is 31.2 Å². The molecule has 0 rings (SSSR count). The SMILES string of the molecule is NC(C=O)C(OS(=O)(=O)O)C(OS(=O)(=O)O)C(O)COS(=O)(=O)O. The quantitative estimate of drug-likeness (QED) is 0.158. The highest BCUT2D eigenvalue weighted by molar-refractivity contribution is 7.81. The second kappa shape index (κ2) is 8.53. The van der Waals surface area contributed by atoms with E-state index >= 15 is 0 Å². The third-order valence-electron chi connectivity index (χ3n) is 2.09. The van der Waals surface area contributed by atoms with Gasteiger partial charge in [-0.05, 0) is 0 Å². The molecule has 0 aliphatic heterocycles. The number of rotatable bonds is 11. The molecule has 18 heteroatoms. The van der Waals surface area contributed by atoms with Gasteiger partial charge in [0.05, 0.1) is 12.6 Å². The summed E-state index contributed by atoms with van der Waals surface area (Å²) in [6.07, 6.45) is -7.64. The van der Waals surface area contributed by atoms with E-state index in [9.17, 15) is 35.2 Å². The summed E-state index contributed by atoms with van der Waals surface area (Å²) in [5.41, 5.74) is 5.12. The van der Waals surface area contributed by atoms with Gasteiger partial charge in [-0.15, -0.1) is 0 Å².